The fourth-order valence-corrected chi connectivity index (χ4v) is 0.862. The molecule has 4 heteroatoms. The summed E-state index contributed by atoms with van der Waals surface area (Å²) < 4.78 is 15.3. The van der Waals surface area contributed by atoms with Crippen LogP contribution < -0.4 is 0 Å². The lowest BCUT2D eigenvalue weighted by atomic mass is 10.2. The first-order chi connectivity index (χ1) is 5.62. The molecular weight excluding hydrogens is 158 g/mol. The molecule has 0 saturated heterocycles. The van der Waals surface area contributed by atoms with Crippen molar-refractivity contribution < 1.29 is 14.0 Å². The third-order valence-corrected chi connectivity index (χ3v) is 1.85. The third-order valence-electron chi connectivity index (χ3n) is 1.85. The third kappa shape index (κ3) is 1.49. The molecule has 0 amide bonds. The van der Waals surface area contributed by atoms with Gasteiger partial charge in [-0.1, -0.05) is 5.16 Å². The average Bonchev–Trinajstić information content (AvgIpc) is 2.51. The van der Waals surface area contributed by atoms with Crippen LogP contribution in [0.1, 0.15) is 18.4 Å². The molecule has 12 heavy (non-hydrogen) atoms. The molecule has 1 heterocycles. The fraction of sp³-hybridized carbons (Fsp3) is 0.625. The first-order valence-electron chi connectivity index (χ1n) is 3.66. The topological polar surface area (TPSA) is 44.5 Å². The Bertz CT molecular complexity index is 253. The Morgan fingerprint density at radius 3 is 2.33 bits per heavy atom. The predicted molar refractivity (Wildman–Crippen MR) is 42.6 cm³/mol. The van der Waals surface area contributed by atoms with Crippen molar-refractivity contribution in [2.24, 2.45) is 0 Å². The molecule has 1 aromatic rings. The normalized spacial score (nSPS) is 12.0. The molecule has 1 rings (SSSR count). The van der Waals surface area contributed by atoms with Crippen molar-refractivity contribution in [1.82, 2.24) is 5.16 Å². The molecule has 0 fully saturated rings. The smallest absolute Gasteiger partial charge is 0.227 e. The molecule has 0 aliphatic rings. The van der Waals surface area contributed by atoms with Crippen LogP contribution in [0.15, 0.2) is 10.6 Å². The van der Waals surface area contributed by atoms with E-state index >= 15 is 0 Å². The van der Waals surface area contributed by atoms with Gasteiger partial charge in [-0.25, -0.2) is 0 Å². The maximum atomic E-state index is 5.13. The van der Waals surface area contributed by atoms with Crippen LogP contribution in [-0.2, 0) is 15.3 Å². The molecule has 0 bridgehead atoms. The minimum atomic E-state index is -0.832. The van der Waals surface area contributed by atoms with Crippen molar-refractivity contribution in [2.75, 3.05) is 14.2 Å². The number of aromatic nitrogens is 1. The van der Waals surface area contributed by atoms with Gasteiger partial charge in [-0.3, -0.25) is 0 Å². The van der Waals surface area contributed by atoms with Gasteiger partial charge in [0.2, 0.25) is 5.79 Å². The first-order valence-corrected chi connectivity index (χ1v) is 3.66. The van der Waals surface area contributed by atoms with E-state index < -0.39 is 5.79 Å². The summed E-state index contributed by atoms with van der Waals surface area (Å²) in [4.78, 5) is 0. The Kier molecular flexibility index (Phi) is 2.49. The number of hydrogen-bond acceptors (Lipinski definition) is 4. The summed E-state index contributed by atoms with van der Waals surface area (Å²) in [6.45, 7) is 3.62. The van der Waals surface area contributed by atoms with Crippen molar-refractivity contribution in [3.8, 4) is 0 Å². The summed E-state index contributed by atoms with van der Waals surface area (Å²) in [5, 5.41) is 3.74. The van der Waals surface area contributed by atoms with Gasteiger partial charge in [-0.2, -0.15) is 0 Å². The van der Waals surface area contributed by atoms with Gasteiger partial charge in [-0.15, -0.1) is 0 Å². The Hall–Kier alpha value is -0.870. The van der Waals surface area contributed by atoms with Crippen molar-refractivity contribution in [2.45, 2.75) is 19.6 Å². The molecule has 4 nitrogen and oxygen atoms in total. The lowest BCUT2D eigenvalue weighted by Crippen LogP contribution is -2.25. The lowest BCUT2D eigenvalue weighted by Gasteiger charge is -2.22. The quantitative estimate of drug-likeness (QED) is 0.645. The molecule has 0 atom stereocenters. The number of nitrogens with zero attached hydrogens (tertiary/aromatic N) is 1. The molecule has 68 valence electrons. The number of ether oxygens (including phenoxy) is 2. The van der Waals surface area contributed by atoms with Crippen LogP contribution in [0.4, 0.5) is 0 Å². The average molecular weight is 171 g/mol. The van der Waals surface area contributed by atoms with Gasteiger partial charge >= 0.3 is 0 Å². The van der Waals surface area contributed by atoms with Gasteiger partial charge in [0.1, 0.15) is 0 Å². The zero-order chi connectivity index (χ0) is 9.19. The molecule has 1 aromatic heterocycles. The summed E-state index contributed by atoms with van der Waals surface area (Å²) >= 11 is 0. The second-order valence-electron chi connectivity index (χ2n) is 2.69. The van der Waals surface area contributed by atoms with Crippen LogP contribution >= 0.6 is 0 Å². The molecule has 0 aliphatic heterocycles. The Morgan fingerprint density at radius 2 is 2.00 bits per heavy atom. The largest absolute Gasteiger partial charge is 0.355 e. The lowest BCUT2D eigenvalue weighted by molar-refractivity contribution is -0.214. The fourth-order valence-electron chi connectivity index (χ4n) is 0.862. The summed E-state index contributed by atoms with van der Waals surface area (Å²) in [7, 11) is 3.11. The summed E-state index contributed by atoms with van der Waals surface area (Å²) in [6.07, 6.45) is 0. The van der Waals surface area contributed by atoms with Gasteiger partial charge in [0.05, 0.1) is 5.69 Å². The Balaban J connectivity index is 2.94. The highest BCUT2D eigenvalue weighted by molar-refractivity contribution is 5.08. The number of methoxy groups -OCH3 is 2. The van der Waals surface area contributed by atoms with E-state index in [0.29, 0.717) is 5.76 Å². The highest BCUT2D eigenvalue weighted by Gasteiger charge is 2.30. The van der Waals surface area contributed by atoms with Crippen LogP contribution in [0.2, 0.25) is 0 Å². The van der Waals surface area contributed by atoms with E-state index in [-0.39, 0.29) is 0 Å². The van der Waals surface area contributed by atoms with E-state index in [1.165, 1.54) is 0 Å². The summed E-state index contributed by atoms with van der Waals surface area (Å²) in [5.74, 6) is -0.258. The van der Waals surface area contributed by atoms with E-state index in [4.69, 9.17) is 14.0 Å². The predicted octanol–water partition coefficient (Wildman–Crippen LogP) is 1.45. The summed E-state index contributed by atoms with van der Waals surface area (Å²) in [5.41, 5.74) is 0.810. The molecular formula is C8H13NO3. The van der Waals surface area contributed by atoms with E-state index in [1.807, 2.05) is 6.92 Å². The maximum Gasteiger partial charge on any atom is 0.227 e. The van der Waals surface area contributed by atoms with Crippen LogP contribution in [0, 0.1) is 6.92 Å². The van der Waals surface area contributed by atoms with Crippen LogP contribution in [0.5, 0.6) is 0 Å². The van der Waals surface area contributed by atoms with Gasteiger partial charge in [0, 0.05) is 20.3 Å². The molecule has 0 spiro atoms. The number of aryl methyl sites for hydroxylation is 1. The zero-order valence-electron chi connectivity index (χ0n) is 7.75. The van der Waals surface area contributed by atoms with E-state index in [2.05, 4.69) is 5.16 Å². The van der Waals surface area contributed by atoms with Crippen molar-refractivity contribution in [1.29, 1.82) is 0 Å². The van der Waals surface area contributed by atoms with Crippen LogP contribution in [-0.4, -0.2) is 19.4 Å². The van der Waals surface area contributed by atoms with E-state index in [0.717, 1.165) is 5.69 Å². The monoisotopic (exact) mass is 171 g/mol. The Labute approximate surface area is 71.4 Å². The number of hydrogen-bond donors (Lipinski definition) is 0. The molecule has 0 radical (unpaired) electrons. The molecule has 0 N–H and O–H groups in total. The molecule has 0 aromatic carbocycles. The Morgan fingerprint density at radius 1 is 1.42 bits per heavy atom. The SMILES string of the molecule is COC(C)(OC)c1cc(C)no1. The first kappa shape index (κ1) is 9.22. The van der Waals surface area contributed by atoms with E-state index in [1.54, 1.807) is 27.2 Å². The highest BCUT2D eigenvalue weighted by atomic mass is 16.7. The van der Waals surface area contributed by atoms with Gasteiger partial charge in [-0.05, 0) is 13.8 Å². The highest BCUT2D eigenvalue weighted by Crippen LogP contribution is 2.25. The van der Waals surface area contributed by atoms with E-state index in [9.17, 15) is 0 Å². The van der Waals surface area contributed by atoms with Gasteiger partial charge < -0.3 is 14.0 Å². The minimum absolute atomic E-state index is 0.574. The maximum absolute atomic E-state index is 5.13. The van der Waals surface area contributed by atoms with Crippen molar-refractivity contribution in [3.63, 3.8) is 0 Å². The van der Waals surface area contributed by atoms with Crippen molar-refractivity contribution in [3.05, 3.63) is 17.5 Å². The standard InChI is InChI=1S/C8H13NO3/c1-6-5-7(12-9-6)8(2,10-3)11-4/h5H,1-4H3. The second kappa shape index (κ2) is 3.25. The molecule has 0 aliphatic carbocycles. The second-order valence-corrected chi connectivity index (χ2v) is 2.69. The van der Waals surface area contributed by atoms with Crippen molar-refractivity contribution >= 4 is 0 Å². The van der Waals surface area contributed by atoms with Gasteiger partial charge in [0.25, 0.3) is 0 Å². The van der Waals surface area contributed by atoms with Gasteiger partial charge in [0.15, 0.2) is 5.76 Å². The minimum Gasteiger partial charge on any atom is -0.355 e. The van der Waals surface area contributed by atoms with Crippen LogP contribution in [0.3, 0.4) is 0 Å². The zero-order valence-corrected chi connectivity index (χ0v) is 7.75. The summed E-state index contributed by atoms with van der Waals surface area (Å²) in [6, 6.07) is 1.78. The molecule has 0 saturated carbocycles. The molecule has 0 unspecified atom stereocenters. The van der Waals surface area contributed by atoms with Crippen LogP contribution in [0.25, 0.3) is 0 Å². The number of rotatable bonds is 3.